The normalized spacial score (nSPS) is 19.3. The molecule has 17 heavy (non-hydrogen) atoms. The molecule has 0 aromatic heterocycles. The number of carbonyl (C=O) groups is 1. The van der Waals surface area contributed by atoms with Gasteiger partial charge in [0.05, 0.1) is 6.10 Å². The van der Waals surface area contributed by atoms with Crippen molar-refractivity contribution in [2.45, 2.75) is 18.9 Å². The molecule has 0 radical (unpaired) electrons. The molecule has 2 rings (SSSR count). The van der Waals surface area contributed by atoms with Crippen LogP contribution in [0.3, 0.4) is 0 Å². The topological polar surface area (TPSA) is 35.5 Å². The van der Waals surface area contributed by atoms with Crippen LogP contribution in [0.25, 0.3) is 0 Å². The predicted molar refractivity (Wildman–Crippen MR) is 56.2 cm³/mol. The van der Waals surface area contributed by atoms with Crippen molar-refractivity contribution in [3.05, 3.63) is 29.3 Å². The largest absolute Gasteiger partial charge is 0.485 e. The van der Waals surface area contributed by atoms with Crippen molar-refractivity contribution in [1.29, 1.82) is 0 Å². The van der Waals surface area contributed by atoms with Gasteiger partial charge in [0.15, 0.2) is 17.4 Å². The minimum absolute atomic E-state index is 0.0514. The van der Waals surface area contributed by atoms with Crippen LogP contribution < -0.4 is 4.74 Å². The Hall–Kier alpha value is -1.49. The number of carbonyl (C=O) groups excluding carboxylic acids is 1. The second-order valence-corrected chi connectivity index (χ2v) is 3.88. The minimum Gasteiger partial charge on any atom is -0.485 e. The van der Waals surface area contributed by atoms with Crippen molar-refractivity contribution in [1.82, 2.24) is 0 Å². The van der Waals surface area contributed by atoms with Crippen molar-refractivity contribution in [2.75, 3.05) is 13.2 Å². The fourth-order valence-electron chi connectivity index (χ4n) is 1.74. The monoisotopic (exact) mass is 242 g/mol. The third kappa shape index (κ3) is 2.79. The molecule has 3 nitrogen and oxygen atoms in total. The first-order valence-corrected chi connectivity index (χ1v) is 5.39. The van der Waals surface area contributed by atoms with Crippen LogP contribution in [0.4, 0.5) is 8.78 Å². The Balaban J connectivity index is 2.06. The SMILES string of the molecule is O=Cc1cc(F)c(OCC2CCCO2)c(F)c1. The molecule has 0 bridgehead atoms. The standard InChI is InChI=1S/C12H12F2O3/c13-10-4-8(6-15)5-11(14)12(10)17-7-9-2-1-3-16-9/h4-6,9H,1-3,7H2. The van der Waals surface area contributed by atoms with Gasteiger partial charge in [0.25, 0.3) is 0 Å². The molecule has 1 unspecified atom stereocenters. The molecule has 1 aliphatic heterocycles. The summed E-state index contributed by atoms with van der Waals surface area (Å²) in [7, 11) is 0. The molecule has 0 spiro atoms. The highest BCUT2D eigenvalue weighted by atomic mass is 19.1. The first-order valence-electron chi connectivity index (χ1n) is 5.39. The van der Waals surface area contributed by atoms with Gasteiger partial charge in [0.2, 0.25) is 0 Å². The molecule has 5 heteroatoms. The van der Waals surface area contributed by atoms with E-state index in [1.54, 1.807) is 0 Å². The Morgan fingerprint density at radius 2 is 2.12 bits per heavy atom. The molecule has 0 saturated carbocycles. The lowest BCUT2D eigenvalue weighted by Crippen LogP contribution is -2.17. The summed E-state index contributed by atoms with van der Waals surface area (Å²) < 4.78 is 37.1. The van der Waals surface area contributed by atoms with E-state index in [9.17, 15) is 13.6 Å². The summed E-state index contributed by atoms with van der Waals surface area (Å²) in [5.41, 5.74) is -0.0514. The Kier molecular flexibility index (Phi) is 3.68. The van der Waals surface area contributed by atoms with Crippen molar-refractivity contribution < 1.29 is 23.0 Å². The second-order valence-electron chi connectivity index (χ2n) is 3.88. The summed E-state index contributed by atoms with van der Waals surface area (Å²) in [5.74, 6) is -2.19. The predicted octanol–water partition coefficient (Wildman–Crippen LogP) is 2.34. The fraction of sp³-hybridized carbons (Fsp3) is 0.417. The molecule has 0 aliphatic carbocycles. The van der Waals surface area contributed by atoms with Gasteiger partial charge in [-0.3, -0.25) is 4.79 Å². The Morgan fingerprint density at radius 3 is 2.65 bits per heavy atom. The van der Waals surface area contributed by atoms with Crippen LogP contribution in [0.2, 0.25) is 0 Å². The molecular weight excluding hydrogens is 230 g/mol. The molecule has 1 aromatic rings. The lowest BCUT2D eigenvalue weighted by atomic mass is 10.2. The molecule has 1 aromatic carbocycles. The first-order chi connectivity index (χ1) is 8.20. The van der Waals surface area contributed by atoms with Crippen molar-refractivity contribution >= 4 is 6.29 Å². The maximum Gasteiger partial charge on any atom is 0.190 e. The highest BCUT2D eigenvalue weighted by Crippen LogP contribution is 2.24. The van der Waals surface area contributed by atoms with Crippen molar-refractivity contribution in [2.24, 2.45) is 0 Å². The van der Waals surface area contributed by atoms with Gasteiger partial charge >= 0.3 is 0 Å². The zero-order chi connectivity index (χ0) is 12.3. The smallest absolute Gasteiger partial charge is 0.190 e. The van der Waals surface area contributed by atoms with E-state index in [0.29, 0.717) is 12.9 Å². The van der Waals surface area contributed by atoms with Crippen LogP contribution >= 0.6 is 0 Å². The Bertz CT molecular complexity index is 391. The molecular formula is C12H12F2O3. The fourth-order valence-corrected chi connectivity index (χ4v) is 1.74. The van der Waals surface area contributed by atoms with Crippen LogP contribution in [0.5, 0.6) is 5.75 Å². The second kappa shape index (κ2) is 5.23. The number of hydrogen-bond donors (Lipinski definition) is 0. The van der Waals surface area contributed by atoms with Crippen LogP contribution in [0, 0.1) is 11.6 Å². The van der Waals surface area contributed by atoms with Crippen LogP contribution in [-0.4, -0.2) is 25.6 Å². The van der Waals surface area contributed by atoms with E-state index in [2.05, 4.69) is 0 Å². The van der Waals surface area contributed by atoms with Gasteiger partial charge in [0.1, 0.15) is 12.9 Å². The van der Waals surface area contributed by atoms with Gasteiger partial charge in [-0.25, -0.2) is 8.78 Å². The Labute approximate surface area is 97.3 Å². The van der Waals surface area contributed by atoms with Gasteiger partial charge in [-0.1, -0.05) is 0 Å². The van der Waals surface area contributed by atoms with Gasteiger partial charge < -0.3 is 9.47 Å². The highest BCUT2D eigenvalue weighted by Gasteiger charge is 2.19. The van der Waals surface area contributed by atoms with Crippen LogP contribution in [-0.2, 0) is 4.74 Å². The van der Waals surface area contributed by atoms with Crippen LogP contribution in [0.15, 0.2) is 12.1 Å². The summed E-state index contributed by atoms with van der Waals surface area (Å²) in [5, 5.41) is 0. The van der Waals surface area contributed by atoms with Crippen LogP contribution in [0.1, 0.15) is 23.2 Å². The lowest BCUT2D eigenvalue weighted by molar-refractivity contribution is 0.0650. The third-order valence-corrected chi connectivity index (χ3v) is 2.59. The average Bonchev–Trinajstić information content (AvgIpc) is 2.80. The van der Waals surface area contributed by atoms with Gasteiger partial charge in [-0.15, -0.1) is 0 Å². The minimum atomic E-state index is -0.870. The average molecular weight is 242 g/mol. The first kappa shape index (κ1) is 12.0. The number of ether oxygens (including phenoxy) is 2. The van der Waals surface area contributed by atoms with E-state index >= 15 is 0 Å². The number of halogens is 2. The number of aldehydes is 1. The number of hydrogen-bond acceptors (Lipinski definition) is 3. The van der Waals surface area contributed by atoms with E-state index in [1.165, 1.54) is 0 Å². The summed E-state index contributed by atoms with van der Waals surface area (Å²) in [6.07, 6.45) is 2.04. The summed E-state index contributed by atoms with van der Waals surface area (Å²) in [4.78, 5) is 10.4. The maximum atomic E-state index is 13.4. The van der Waals surface area contributed by atoms with E-state index in [1.807, 2.05) is 0 Å². The maximum absolute atomic E-state index is 13.4. The summed E-state index contributed by atoms with van der Waals surface area (Å²) >= 11 is 0. The molecule has 0 N–H and O–H groups in total. The Morgan fingerprint density at radius 1 is 1.41 bits per heavy atom. The molecule has 92 valence electrons. The third-order valence-electron chi connectivity index (χ3n) is 2.59. The molecule has 1 saturated heterocycles. The van der Waals surface area contributed by atoms with E-state index < -0.39 is 17.4 Å². The zero-order valence-corrected chi connectivity index (χ0v) is 9.12. The molecule has 1 heterocycles. The number of rotatable bonds is 4. The quantitative estimate of drug-likeness (QED) is 0.760. The molecule has 1 atom stereocenters. The summed E-state index contributed by atoms with van der Waals surface area (Å²) in [6, 6.07) is 1.89. The molecule has 1 fully saturated rings. The van der Waals surface area contributed by atoms with Gasteiger partial charge in [-0.2, -0.15) is 0 Å². The molecule has 0 amide bonds. The number of benzene rings is 1. The van der Waals surface area contributed by atoms with Crippen molar-refractivity contribution in [3.8, 4) is 5.75 Å². The summed E-state index contributed by atoms with van der Waals surface area (Å²) in [6.45, 7) is 0.775. The zero-order valence-electron chi connectivity index (χ0n) is 9.12. The van der Waals surface area contributed by atoms with E-state index in [-0.39, 0.29) is 18.3 Å². The van der Waals surface area contributed by atoms with Crippen molar-refractivity contribution in [3.63, 3.8) is 0 Å². The van der Waals surface area contributed by atoms with E-state index in [4.69, 9.17) is 9.47 Å². The highest BCUT2D eigenvalue weighted by molar-refractivity contribution is 5.75. The lowest BCUT2D eigenvalue weighted by Gasteiger charge is -2.12. The van der Waals surface area contributed by atoms with E-state index in [0.717, 1.165) is 25.0 Å². The molecule has 1 aliphatic rings. The van der Waals surface area contributed by atoms with Gasteiger partial charge in [0, 0.05) is 12.2 Å². The van der Waals surface area contributed by atoms with Gasteiger partial charge in [-0.05, 0) is 25.0 Å².